The molecule has 0 radical (unpaired) electrons. The summed E-state index contributed by atoms with van der Waals surface area (Å²) < 4.78 is 10.5. The van der Waals surface area contributed by atoms with Crippen LogP contribution in [-0.2, 0) is 20.7 Å². The van der Waals surface area contributed by atoms with Gasteiger partial charge in [0, 0.05) is 11.1 Å². The van der Waals surface area contributed by atoms with E-state index in [1.54, 1.807) is 13.0 Å². The predicted molar refractivity (Wildman–Crippen MR) is 76.7 cm³/mol. The number of allylic oxidation sites excluding steroid dienone is 1. The van der Waals surface area contributed by atoms with Crippen LogP contribution >= 0.6 is 0 Å². The molecule has 0 aromatic heterocycles. The number of benzene rings is 1. The average Bonchev–Trinajstić information content (AvgIpc) is 2.44. The fraction of sp³-hybridized carbons (Fsp3) is 0.375. The van der Waals surface area contributed by atoms with Gasteiger partial charge in [0.25, 0.3) is 5.78 Å². The highest BCUT2D eigenvalue weighted by atomic mass is 16.5. The number of fused-ring (bicyclic) bond motifs is 2. The molecule has 116 valence electrons. The van der Waals surface area contributed by atoms with Crippen LogP contribution in [0.4, 0.5) is 0 Å². The zero-order chi connectivity index (χ0) is 16.2. The third kappa shape index (κ3) is 1.84. The number of Topliss-reactive ketones (excluding diaryl/α,β-unsaturated/α-hetero) is 2. The van der Waals surface area contributed by atoms with Crippen LogP contribution in [0.1, 0.15) is 47.0 Å². The van der Waals surface area contributed by atoms with Crippen molar-refractivity contribution in [3.63, 3.8) is 0 Å². The SMILES string of the molecule is COC1=C(O)c2cc3c(c(O)c2C(=O)C1=O)[C@@H](C)O[C@@H](C)C3. The van der Waals surface area contributed by atoms with Crippen molar-refractivity contribution in [2.75, 3.05) is 7.11 Å². The molecule has 6 nitrogen and oxygen atoms in total. The van der Waals surface area contributed by atoms with Gasteiger partial charge in [0.15, 0.2) is 5.76 Å². The first-order valence-electron chi connectivity index (χ1n) is 6.97. The molecule has 0 saturated heterocycles. The van der Waals surface area contributed by atoms with Crippen LogP contribution in [0.3, 0.4) is 0 Å². The molecular weight excluding hydrogens is 288 g/mol. The summed E-state index contributed by atoms with van der Waals surface area (Å²) in [5.74, 6) is -2.99. The Bertz CT molecular complexity index is 731. The standard InChI is InChI=1S/C16H16O6/c1-6-4-8-5-9-11(13(18)10(8)7(2)22-6)14(19)15(20)16(21-3)12(9)17/h5-7,17-18H,4H2,1-3H3/t6-,7+/m0/s1. The van der Waals surface area contributed by atoms with E-state index in [1.807, 2.05) is 6.92 Å². The zero-order valence-electron chi connectivity index (χ0n) is 12.5. The van der Waals surface area contributed by atoms with Crippen molar-refractivity contribution in [2.45, 2.75) is 32.5 Å². The summed E-state index contributed by atoms with van der Waals surface area (Å²) in [4.78, 5) is 24.2. The Morgan fingerprint density at radius 1 is 1.23 bits per heavy atom. The van der Waals surface area contributed by atoms with Crippen LogP contribution in [0.5, 0.6) is 5.75 Å². The number of carbonyl (C=O) groups excluding carboxylic acids is 2. The average molecular weight is 304 g/mol. The third-order valence-electron chi connectivity index (χ3n) is 4.09. The first-order chi connectivity index (χ1) is 10.4. The first kappa shape index (κ1) is 14.6. The summed E-state index contributed by atoms with van der Waals surface area (Å²) in [6.07, 6.45) is 0.0916. The largest absolute Gasteiger partial charge is 0.507 e. The monoisotopic (exact) mass is 304 g/mol. The van der Waals surface area contributed by atoms with Crippen molar-refractivity contribution < 1.29 is 29.3 Å². The normalized spacial score (nSPS) is 24.1. The quantitative estimate of drug-likeness (QED) is 0.771. The third-order valence-corrected chi connectivity index (χ3v) is 4.09. The zero-order valence-corrected chi connectivity index (χ0v) is 12.5. The second-order valence-electron chi connectivity index (χ2n) is 5.55. The summed E-state index contributed by atoms with van der Waals surface area (Å²) >= 11 is 0. The second kappa shape index (κ2) is 4.84. The number of ether oxygens (including phenoxy) is 2. The maximum Gasteiger partial charge on any atom is 0.272 e. The van der Waals surface area contributed by atoms with Gasteiger partial charge in [-0.3, -0.25) is 9.59 Å². The highest BCUT2D eigenvalue weighted by molar-refractivity contribution is 6.52. The van der Waals surface area contributed by atoms with Gasteiger partial charge in [0.2, 0.25) is 11.5 Å². The topological polar surface area (TPSA) is 93.1 Å². The fourth-order valence-corrected chi connectivity index (χ4v) is 3.19. The molecule has 0 saturated carbocycles. The van der Waals surface area contributed by atoms with Crippen LogP contribution < -0.4 is 0 Å². The van der Waals surface area contributed by atoms with E-state index in [9.17, 15) is 19.8 Å². The van der Waals surface area contributed by atoms with E-state index in [4.69, 9.17) is 9.47 Å². The number of methoxy groups -OCH3 is 1. The minimum absolute atomic E-state index is 0.0473. The molecule has 2 aliphatic rings. The van der Waals surface area contributed by atoms with Crippen molar-refractivity contribution in [3.8, 4) is 5.75 Å². The molecule has 6 heteroatoms. The molecule has 0 spiro atoms. The smallest absolute Gasteiger partial charge is 0.272 e. The molecule has 0 bridgehead atoms. The van der Waals surface area contributed by atoms with E-state index < -0.39 is 29.2 Å². The number of carbonyl (C=O) groups is 2. The summed E-state index contributed by atoms with van der Waals surface area (Å²) in [6, 6.07) is 1.62. The Labute approximate surface area is 127 Å². The van der Waals surface area contributed by atoms with Crippen LogP contribution in [0.2, 0.25) is 0 Å². The van der Waals surface area contributed by atoms with Gasteiger partial charge in [-0.1, -0.05) is 0 Å². The number of aliphatic hydroxyl groups is 1. The Morgan fingerprint density at radius 2 is 1.91 bits per heavy atom. The maximum atomic E-state index is 12.2. The molecule has 1 aromatic rings. The number of ketones is 2. The minimum atomic E-state index is -0.972. The van der Waals surface area contributed by atoms with E-state index in [1.165, 1.54) is 7.11 Å². The van der Waals surface area contributed by atoms with Crippen LogP contribution in [0, 0.1) is 0 Å². The molecule has 1 aliphatic carbocycles. The number of hydrogen-bond donors (Lipinski definition) is 2. The molecule has 2 atom stereocenters. The van der Waals surface area contributed by atoms with Gasteiger partial charge in [0.05, 0.1) is 24.9 Å². The predicted octanol–water partition coefficient (Wildman–Crippen LogP) is 2.05. The number of phenols is 1. The lowest BCUT2D eigenvalue weighted by molar-refractivity contribution is -0.114. The van der Waals surface area contributed by atoms with Crippen LogP contribution in [-0.4, -0.2) is 35.0 Å². The molecule has 1 heterocycles. The second-order valence-corrected chi connectivity index (χ2v) is 5.55. The molecule has 2 N–H and O–H groups in total. The van der Waals surface area contributed by atoms with Gasteiger partial charge in [-0.25, -0.2) is 0 Å². The van der Waals surface area contributed by atoms with Gasteiger partial charge in [-0.2, -0.15) is 0 Å². The molecule has 1 aromatic carbocycles. The van der Waals surface area contributed by atoms with E-state index in [-0.39, 0.29) is 23.0 Å². The van der Waals surface area contributed by atoms with Gasteiger partial charge in [0.1, 0.15) is 5.75 Å². The minimum Gasteiger partial charge on any atom is -0.507 e. The molecule has 3 rings (SSSR count). The van der Waals surface area contributed by atoms with Gasteiger partial charge < -0.3 is 19.7 Å². The molecule has 0 amide bonds. The van der Waals surface area contributed by atoms with Crippen molar-refractivity contribution in [1.29, 1.82) is 0 Å². The number of hydrogen-bond acceptors (Lipinski definition) is 6. The molecule has 0 fully saturated rings. The lowest BCUT2D eigenvalue weighted by Gasteiger charge is -2.31. The first-order valence-corrected chi connectivity index (χ1v) is 6.97. The highest BCUT2D eigenvalue weighted by Gasteiger charge is 2.39. The van der Waals surface area contributed by atoms with E-state index in [0.29, 0.717) is 12.0 Å². The molecule has 22 heavy (non-hydrogen) atoms. The molecular formula is C16H16O6. The van der Waals surface area contributed by atoms with E-state index >= 15 is 0 Å². The fourth-order valence-electron chi connectivity index (χ4n) is 3.19. The van der Waals surface area contributed by atoms with Gasteiger partial charge >= 0.3 is 0 Å². The maximum absolute atomic E-state index is 12.2. The highest BCUT2D eigenvalue weighted by Crippen LogP contribution is 2.43. The van der Waals surface area contributed by atoms with Crippen molar-refractivity contribution in [1.82, 2.24) is 0 Å². The van der Waals surface area contributed by atoms with Crippen molar-refractivity contribution >= 4 is 17.3 Å². The summed E-state index contributed by atoms with van der Waals surface area (Å²) in [5, 5.41) is 20.7. The summed E-state index contributed by atoms with van der Waals surface area (Å²) in [6.45, 7) is 3.67. The van der Waals surface area contributed by atoms with Crippen molar-refractivity contribution in [3.05, 3.63) is 34.1 Å². The Kier molecular flexibility index (Phi) is 3.21. The van der Waals surface area contributed by atoms with Crippen molar-refractivity contribution in [2.24, 2.45) is 0 Å². The van der Waals surface area contributed by atoms with Crippen LogP contribution in [0.15, 0.2) is 11.8 Å². The summed E-state index contributed by atoms with van der Waals surface area (Å²) in [5.41, 5.74) is 1.21. The summed E-state index contributed by atoms with van der Waals surface area (Å²) in [7, 11) is 1.21. The number of aromatic hydroxyl groups is 1. The molecule has 0 unspecified atom stereocenters. The Hall–Kier alpha value is -2.34. The van der Waals surface area contributed by atoms with E-state index in [2.05, 4.69) is 0 Å². The Balaban J connectivity index is 2.33. The molecule has 1 aliphatic heterocycles. The number of aliphatic hydroxyl groups excluding tert-OH is 1. The van der Waals surface area contributed by atoms with Gasteiger partial charge in [-0.05, 0) is 31.9 Å². The van der Waals surface area contributed by atoms with Gasteiger partial charge in [-0.15, -0.1) is 0 Å². The number of phenolic OH excluding ortho intramolecular Hbond substituents is 1. The number of rotatable bonds is 1. The lowest BCUT2D eigenvalue weighted by Crippen LogP contribution is -2.28. The lowest BCUT2D eigenvalue weighted by atomic mass is 9.84. The van der Waals surface area contributed by atoms with E-state index in [0.717, 1.165) is 5.56 Å². The Morgan fingerprint density at radius 3 is 2.55 bits per heavy atom. The van der Waals surface area contributed by atoms with Crippen LogP contribution in [0.25, 0.3) is 5.76 Å².